The van der Waals surface area contributed by atoms with Gasteiger partial charge in [-0.25, -0.2) is 4.39 Å². The predicted molar refractivity (Wildman–Crippen MR) is 56.7 cm³/mol. The molecule has 1 aromatic carbocycles. The molecule has 0 aliphatic carbocycles. The molecular weight excluding hydrogens is 203 g/mol. The van der Waals surface area contributed by atoms with Crippen molar-refractivity contribution in [2.24, 2.45) is 0 Å². The van der Waals surface area contributed by atoms with Crippen molar-refractivity contribution in [3.8, 4) is 5.75 Å². The van der Waals surface area contributed by atoms with Crippen LogP contribution in [0.2, 0.25) is 0 Å². The molecule has 3 heteroatoms. The van der Waals surface area contributed by atoms with Gasteiger partial charge in [0.25, 0.3) is 0 Å². The number of hydrogen-bond acceptors (Lipinski definition) is 1. The summed E-state index contributed by atoms with van der Waals surface area (Å²) in [4.78, 5) is 0. The summed E-state index contributed by atoms with van der Waals surface area (Å²) in [7, 11) is 1.46. The molecule has 1 rings (SSSR count). The summed E-state index contributed by atoms with van der Waals surface area (Å²) in [5.41, 5.74) is 0.962. The van der Waals surface area contributed by atoms with E-state index in [0.717, 1.165) is 12.0 Å². The minimum atomic E-state index is -0.313. The lowest BCUT2D eigenvalue weighted by molar-refractivity contribution is 0.386. The molecule has 0 aliphatic rings. The van der Waals surface area contributed by atoms with Crippen molar-refractivity contribution >= 4 is 11.6 Å². The van der Waals surface area contributed by atoms with Gasteiger partial charge in [-0.2, -0.15) is 0 Å². The SMILES string of the molecule is COc1ccc(C(C)CCCl)cc1F. The zero-order valence-electron chi connectivity index (χ0n) is 8.39. The zero-order valence-corrected chi connectivity index (χ0v) is 9.14. The Bertz CT molecular complexity index is 301. The Kier molecular flexibility index (Phi) is 4.21. The van der Waals surface area contributed by atoms with Gasteiger partial charge < -0.3 is 4.74 Å². The lowest BCUT2D eigenvalue weighted by Gasteiger charge is -2.11. The van der Waals surface area contributed by atoms with Crippen LogP contribution in [-0.4, -0.2) is 13.0 Å². The summed E-state index contributed by atoms with van der Waals surface area (Å²) >= 11 is 5.63. The normalized spacial score (nSPS) is 12.6. The van der Waals surface area contributed by atoms with Crippen LogP contribution in [0.15, 0.2) is 18.2 Å². The van der Waals surface area contributed by atoms with E-state index in [0.29, 0.717) is 5.88 Å². The molecule has 0 bridgehead atoms. The second-order valence-corrected chi connectivity index (χ2v) is 3.65. The first-order chi connectivity index (χ1) is 6.69. The highest BCUT2D eigenvalue weighted by Crippen LogP contribution is 2.24. The Labute approximate surface area is 88.8 Å². The average molecular weight is 217 g/mol. The van der Waals surface area contributed by atoms with Crippen molar-refractivity contribution < 1.29 is 9.13 Å². The molecule has 0 heterocycles. The molecule has 0 fully saturated rings. The largest absolute Gasteiger partial charge is 0.494 e. The lowest BCUT2D eigenvalue weighted by atomic mass is 9.98. The van der Waals surface area contributed by atoms with E-state index in [1.54, 1.807) is 6.07 Å². The summed E-state index contributed by atoms with van der Waals surface area (Å²) in [6.45, 7) is 2.03. The molecule has 14 heavy (non-hydrogen) atoms. The van der Waals surface area contributed by atoms with Gasteiger partial charge >= 0.3 is 0 Å². The van der Waals surface area contributed by atoms with Crippen LogP contribution >= 0.6 is 11.6 Å². The van der Waals surface area contributed by atoms with E-state index in [4.69, 9.17) is 16.3 Å². The number of hydrogen-bond donors (Lipinski definition) is 0. The highest BCUT2D eigenvalue weighted by molar-refractivity contribution is 6.17. The standard InChI is InChI=1S/C11H14ClFO/c1-8(5-6-12)9-3-4-11(14-2)10(13)7-9/h3-4,7-8H,5-6H2,1-2H3. The fraction of sp³-hybridized carbons (Fsp3) is 0.455. The summed E-state index contributed by atoms with van der Waals surface area (Å²) in [6.07, 6.45) is 0.854. The van der Waals surface area contributed by atoms with Crippen LogP contribution in [-0.2, 0) is 0 Å². The van der Waals surface area contributed by atoms with E-state index in [-0.39, 0.29) is 17.5 Å². The summed E-state index contributed by atoms with van der Waals surface area (Å²) in [6, 6.07) is 5.03. The fourth-order valence-corrected chi connectivity index (χ4v) is 1.65. The maximum atomic E-state index is 13.3. The Balaban J connectivity index is 2.85. The fourth-order valence-electron chi connectivity index (χ4n) is 1.32. The molecule has 0 saturated heterocycles. The zero-order chi connectivity index (χ0) is 10.6. The third-order valence-corrected chi connectivity index (χ3v) is 2.51. The molecule has 1 aromatic rings. The van der Waals surface area contributed by atoms with Gasteiger partial charge in [-0.15, -0.1) is 11.6 Å². The van der Waals surface area contributed by atoms with E-state index < -0.39 is 0 Å². The minimum absolute atomic E-state index is 0.284. The Morgan fingerprint density at radius 1 is 1.50 bits per heavy atom. The van der Waals surface area contributed by atoms with E-state index in [9.17, 15) is 4.39 Å². The first-order valence-corrected chi connectivity index (χ1v) is 5.12. The Morgan fingerprint density at radius 2 is 2.21 bits per heavy atom. The molecule has 1 atom stereocenters. The van der Waals surface area contributed by atoms with Crippen molar-refractivity contribution in [1.82, 2.24) is 0 Å². The predicted octanol–water partition coefficient (Wildman–Crippen LogP) is 3.57. The van der Waals surface area contributed by atoms with Crippen LogP contribution in [0, 0.1) is 5.82 Å². The highest BCUT2D eigenvalue weighted by Gasteiger charge is 2.08. The number of benzene rings is 1. The average Bonchev–Trinajstić information content (AvgIpc) is 2.18. The molecule has 1 nitrogen and oxygen atoms in total. The van der Waals surface area contributed by atoms with Gasteiger partial charge in [0.05, 0.1) is 7.11 Å². The number of ether oxygens (including phenoxy) is 1. The molecular formula is C11H14ClFO. The van der Waals surface area contributed by atoms with Crippen molar-refractivity contribution in [2.45, 2.75) is 19.3 Å². The maximum absolute atomic E-state index is 13.3. The molecule has 0 N–H and O–H groups in total. The quantitative estimate of drug-likeness (QED) is 0.700. The topological polar surface area (TPSA) is 9.23 Å². The van der Waals surface area contributed by atoms with E-state index >= 15 is 0 Å². The van der Waals surface area contributed by atoms with Crippen LogP contribution in [0.3, 0.4) is 0 Å². The van der Waals surface area contributed by atoms with Crippen LogP contribution < -0.4 is 4.74 Å². The summed E-state index contributed by atoms with van der Waals surface area (Å²) in [5, 5.41) is 0. The number of methoxy groups -OCH3 is 1. The van der Waals surface area contributed by atoms with E-state index in [2.05, 4.69) is 0 Å². The first kappa shape index (κ1) is 11.3. The molecule has 78 valence electrons. The molecule has 0 amide bonds. The van der Waals surface area contributed by atoms with Crippen molar-refractivity contribution in [2.75, 3.05) is 13.0 Å². The second-order valence-electron chi connectivity index (χ2n) is 3.27. The first-order valence-electron chi connectivity index (χ1n) is 4.58. The minimum Gasteiger partial charge on any atom is -0.494 e. The molecule has 0 saturated carbocycles. The smallest absolute Gasteiger partial charge is 0.165 e. The van der Waals surface area contributed by atoms with Gasteiger partial charge in [0.1, 0.15) is 0 Å². The lowest BCUT2D eigenvalue weighted by Crippen LogP contribution is -1.96. The van der Waals surface area contributed by atoms with Crippen LogP contribution in [0.25, 0.3) is 0 Å². The maximum Gasteiger partial charge on any atom is 0.165 e. The Hall–Kier alpha value is -0.760. The number of alkyl halides is 1. The van der Waals surface area contributed by atoms with Crippen molar-refractivity contribution in [3.63, 3.8) is 0 Å². The number of halogens is 2. The van der Waals surface area contributed by atoms with Crippen molar-refractivity contribution in [1.29, 1.82) is 0 Å². The van der Waals surface area contributed by atoms with Gasteiger partial charge in [-0.1, -0.05) is 13.0 Å². The Morgan fingerprint density at radius 3 is 2.71 bits per heavy atom. The molecule has 0 spiro atoms. The van der Waals surface area contributed by atoms with Crippen molar-refractivity contribution in [3.05, 3.63) is 29.6 Å². The summed E-state index contributed by atoms with van der Waals surface area (Å²) < 4.78 is 18.1. The third kappa shape index (κ3) is 2.61. The molecule has 1 unspecified atom stereocenters. The van der Waals surface area contributed by atoms with Gasteiger partial charge in [0, 0.05) is 5.88 Å². The monoisotopic (exact) mass is 216 g/mol. The van der Waals surface area contributed by atoms with Gasteiger partial charge in [-0.3, -0.25) is 0 Å². The van der Waals surface area contributed by atoms with E-state index in [1.165, 1.54) is 13.2 Å². The highest BCUT2D eigenvalue weighted by atomic mass is 35.5. The van der Waals surface area contributed by atoms with E-state index in [1.807, 2.05) is 13.0 Å². The van der Waals surface area contributed by atoms with Crippen LogP contribution in [0.5, 0.6) is 5.75 Å². The van der Waals surface area contributed by atoms with Crippen LogP contribution in [0.1, 0.15) is 24.8 Å². The van der Waals surface area contributed by atoms with Gasteiger partial charge in [0.2, 0.25) is 0 Å². The van der Waals surface area contributed by atoms with Crippen LogP contribution in [0.4, 0.5) is 4.39 Å². The second kappa shape index (κ2) is 5.20. The molecule has 0 aromatic heterocycles. The number of rotatable bonds is 4. The van der Waals surface area contributed by atoms with Gasteiger partial charge in [-0.05, 0) is 30.0 Å². The third-order valence-electron chi connectivity index (χ3n) is 2.29. The molecule has 0 radical (unpaired) electrons. The summed E-state index contributed by atoms with van der Waals surface area (Å²) in [5.74, 6) is 0.848. The van der Waals surface area contributed by atoms with Gasteiger partial charge in [0.15, 0.2) is 11.6 Å². The molecule has 0 aliphatic heterocycles.